The monoisotopic (exact) mass is 261 g/mol. The Morgan fingerprint density at radius 2 is 2.26 bits per heavy atom. The molecule has 0 amide bonds. The van der Waals surface area contributed by atoms with Crippen LogP contribution in [0.25, 0.3) is 5.69 Å². The smallest absolute Gasteiger partial charge is 0.143 e. The molecule has 1 aromatic carbocycles. The minimum absolute atomic E-state index is 0.300. The van der Waals surface area contributed by atoms with E-state index in [1.54, 1.807) is 18.1 Å². The number of nitrogens with zero attached hydrogens (tertiary/aromatic N) is 4. The molecular weight excluding hydrogens is 242 g/mol. The van der Waals surface area contributed by atoms with Crippen molar-refractivity contribution in [2.24, 2.45) is 0 Å². The topological polar surface area (TPSA) is 64.9 Å². The maximum atomic E-state index is 5.19. The van der Waals surface area contributed by atoms with Crippen LogP contribution < -0.4 is 5.32 Å². The van der Waals surface area contributed by atoms with E-state index in [-0.39, 0.29) is 0 Å². The average Bonchev–Trinajstić information content (AvgIpc) is 2.94. The summed E-state index contributed by atoms with van der Waals surface area (Å²) in [6.07, 6.45) is 2.60. The molecule has 6 nitrogen and oxygen atoms in total. The highest BCUT2D eigenvalue weighted by Gasteiger charge is 2.08. The molecule has 0 bridgehead atoms. The molecule has 6 heteroatoms. The van der Waals surface area contributed by atoms with Gasteiger partial charge in [0.2, 0.25) is 0 Å². The van der Waals surface area contributed by atoms with E-state index in [0.717, 1.165) is 23.4 Å². The van der Waals surface area contributed by atoms with Crippen LogP contribution in [0.1, 0.15) is 18.9 Å². The third-order valence-corrected chi connectivity index (χ3v) is 3.04. The molecular formula is C13H19N5O. The van der Waals surface area contributed by atoms with Gasteiger partial charge in [0.1, 0.15) is 6.33 Å². The van der Waals surface area contributed by atoms with E-state index in [2.05, 4.69) is 39.9 Å². The first-order valence-corrected chi connectivity index (χ1v) is 6.34. The molecule has 0 aliphatic heterocycles. The Morgan fingerprint density at radius 1 is 1.42 bits per heavy atom. The maximum Gasteiger partial charge on any atom is 0.143 e. The summed E-state index contributed by atoms with van der Waals surface area (Å²) in [5.74, 6) is 0. The van der Waals surface area contributed by atoms with Gasteiger partial charge in [-0.15, -0.1) is 5.10 Å². The summed E-state index contributed by atoms with van der Waals surface area (Å²) in [5.41, 5.74) is 3.14. The van der Waals surface area contributed by atoms with E-state index >= 15 is 0 Å². The zero-order valence-electron chi connectivity index (χ0n) is 11.5. The van der Waals surface area contributed by atoms with Crippen molar-refractivity contribution in [1.82, 2.24) is 20.2 Å². The van der Waals surface area contributed by atoms with Crippen molar-refractivity contribution < 1.29 is 4.74 Å². The number of aryl methyl sites for hydroxylation is 1. The van der Waals surface area contributed by atoms with Gasteiger partial charge in [0.15, 0.2) is 0 Å². The fourth-order valence-electron chi connectivity index (χ4n) is 1.92. The van der Waals surface area contributed by atoms with Crippen LogP contribution in [-0.2, 0) is 4.74 Å². The summed E-state index contributed by atoms with van der Waals surface area (Å²) < 4.78 is 6.86. The molecule has 0 spiro atoms. The number of hydrogen-bond acceptors (Lipinski definition) is 5. The van der Waals surface area contributed by atoms with Gasteiger partial charge in [-0.2, -0.15) is 0 Å². The van der Waals surface area contributed by atoms with Crippen molar-refractivity contribution in [3.63, 3.8) is 0 Å². The van der Waals surface area contributed by atoms with Gasteiger partial charge in [-0.1, -0.05) is 13.0 Å². The van der Waals surface area contributed by atoms with Gasteiger partial charge in [0, 0.05) is 18.8 Å². The molecule has 1 heterocycles. The lowest BCUT2D eigenvalue weighted by Crippen LogP contribution is -2.23. The van der Waals surface area contributed by atoms with Gasteiger partial charge in [-0.25, -0.2) is 4.68 Å². The normalized spacial score (nSPS) is 12.4. The molecule has 1 unspecified atom stereocenters. The SMILES string of the molecule is CCC(COC)Nc1ccc(C)c(-n2cnnn2)c1. The first-order valence-electron chi connectivity index (χ1n) is 6.34. The van der Waals surface area contributed by atoms with Crippen LogP contribution in [0, 0.1) is 6.92 Å². The molecule has 1 atom stereocenters. The van der Waals surface area contributed by atoms with Crippen LogP contribution in [0.4, 0.5) is 5.69 Å². The van der Waals surface area contributed by atoms with E-state index in [1.807, 2.05) is 13.0 Å². The lowest BCUT2D eigenvalue weighted by atomic mass is 10.1. The molecule has 0 saturated heterocycles. The Morgan fingerprint density at radius 3 is 2.89 bits per heavy atom. The van der Waals surface area contributed by atoms with Gasteiger partial charge >= 0.3 is 0 Å². The molecule has 19 heavy (non-hydrogen) atoms. The predicted octanol–water partition coefficient (Wildman–Crippen LogP) is 1.81. The highest BCUT2D eigenvalue weighted by atomic mass is 16.5. The van der Waals surface area contributed by atoms with Crippen molar-refractivity contribution in [1.29, 1.82) is 0 Å². The van der Waals surface area contributed by atoms with E-state index < -0.39 is 0 Å². The Hall–Kier alpha value is -1.95. The molecule has 0 aliphatic rings. The Labute approximate surface area is 112 Å². The molecule has 2 rings (SSSR count). The zero-order valence-corrected chi connectivity index (χ0v) is 11.5. The second kappa shape index (κ2) is 6.29. The zero-order chi connectivity index (χ0) is 13.7. The van der Waals surface area contributed by atoms with Crippen molar-refractivity contribution in [2.45, 2.75) is 26.3 Å². The van der Waals surface area contributed by atoms with E-state index in [9.17, 15) is 0 Å². The fourth-order valence-corrected chi connectivity index (χ4v) is 1.92. The quantitative estimate of drug-likeness (QED) is 0.859. The third kappa shape index (κ3) is 3.29. The van der Waals surface area contributed by atoms with E-state index in [4.69, 9.17) is 4.74 Å². The van der Waals surface area contributed by atoms with Crippen LogP contribution in [0.3, 0.4) is 0 Å². The highest BCUT2D eigenvalue weighted by Crippen LogP contribution is 2.19. The summed E-state index contributed by atoms with van der Waals surface area (Å²) >= 11 is 0. The molecule has 0 saturated carbocycles. The lowest BCUT2D eigenvalue weighted by Gasteiger charge is -2.18. The number of hydrogen-bond donors (Lipinski definition) is 1. The van der Waals surface area contributed by atoms with Crippen molar-refractivity contribution in [3.05, 3.63) is 30.1 Å². The highest BCUT2D eigenvalue weighted by molar-refractivity contribution is 5.54. The molecule has 0 aliphatic carbocycles. The molecule has 1 aromatic heterocycles. The first-order chi connectivity index (χ1) is 9.24. The number of benzene rings is 1. The summed E-state index contributed by atoms with van der Waals surface area (Å²) in [5, 5.41) is 14.7. The first kappa shape index (κ1) is 13.5. The second-order valence-corrected chi connectivity index (χ2v) is 4.46. The van der Waals surface area contributed by atoms with Crippen molar-refractivity contribution in [2.75, 3.05) is 19.0 Å². The van der Waals surface area contributed by atoms with Crippen LogP contribution >= 0.6 is 0 Å². The Bertz CT molecular complexity index is 512. The van der Waals surface area contributed by atoms with Crippen LogP contribution in [0.15, 0.2) is 24.5 Å². The predicted molar refractivity (Wildman–Crippen MR) is 73.5 cm³/mol. The number of anilines is 1. The fraction of sp³-hybridized carbons (Fsp3) is 0.462. The van der Waals surface area contributed by atoms with Crippen LogP contribution in [0.2, 0.25) is 0 Å². The van der Waals surface area contributed by atoms with Gasteiger partial charge in [-0.3, -0.25) is 0 Å². The summed E-state index contributed by atoms with van der Waals surface area (Å²) in [6.45, 7) is 4.85. The minimum Gasteiger partial charge on any atom is -0.383 e. The molecule has 1 N–H and O–H groups in total. The van der Waals surface area contributed by atoms with E-state index in [1.165, 1.54) is 0 Å². The second-order valence-electron chi connectivity index (χ2n) is 4.46. The van der Waals surface area contributed by atoms with E-state index in [0.29, 0.717) is 12.6 Å². The number of methoxy groups -OCH3 is 1. The molecule has 102 valence electrons. The van der Waals surface area contributed by atoms with Crippen molar-refractivity contribution in [3.8, 4) is 5.69 Å². The lowest BCUT2D eigenvalue weighted by molar-refractivity contribution is 0.184. The number of rotatable bonds is 6. The maximum absolute atomic E-state index is 5.19. The molecule has 2 aromatic rings. The summed E-state index contributed by atoms with van der Waals surface area (Å²) in [7, 11) is 1.71. The standard InChI is InChI=1S/C13H19N5O/c1-4-11(8-19-3)15-12-6-5-10(2)13(7-12)18-9-14-16-17-18/h5-7,9,11,15H,4,8H2,1-3H3. The third-order valence-electron chi connectivity index (χ3n) is 3.04. The molecule has 0 radical (unpaired) electrons. The summed E-state index contributed by atoms with van der Waals surface area (Å²) in [4.78, 5) is 0. The molecule has 0 fully saturated rings. The van der Waals surface area contributed by atoms with Gasteiger partial charge in [0.25, 0.3) is 0 Å². The van der Waals surface area contributed by atoms with Gasteiger partial charge in [-0.05, 0) is 41.5 Å². The van der Waals surface area contributed by atoms with Gasteiger partial charge in [0.05, 0.1) is 12.3 Å². The summed E-state index contributed by atoms with van der Waals surface area (Å²) in [6, 6.07) is 6.46. The van der Waals surface area contributed by atoms with Crippen LogP contribution in [-0.4, -0.2) is 40.0 Å². The number of aromatic nitrogens is 4. The van der Waals surface area contributed by atoms with Crippen LogP contribution in [0.5, 0.6) is 0 Å². The minimum atomic E-state index is 0.300. The average molecular weight is 261 g/mol. The van der Waals surface area contributed by atoms with Crippen molar-refractivity contribution >= 4 is 5.69 Å². The number of nitrogens with one attached hydrogen (secondary N) is 1. The Balaban J connectivity index is 2.21. The van der Waals surface area contributed by atoms with Gasteiger partial charge < -0.3 is 10.1 Å². The Kier molecular flexibility index (Phi) is 4.46. The number of ether oxygens (including phenoxy) is 1. The number of tetrazole rings is 1. The largest absolute Gasteiger partial charge is 0.383 e.